The minimum atomic E-state index is 0.0365. The molecule has 2 heterocycles. The SMILES string of the molecule is Cn1nc(C[N+]2(CC(C)(C)C)Cc3ccccc3C2=O)cc1-c1ccccc1. The Morgan fingerprint density at radius 3 is 2.39 bits per heavy atom. The molecule has 0 fully saturated rings. The maximum absolute atomic E-state index is 13.5. The molecule has 1 amide bonds. The number of hydrogen-bond donors (Lipinski definition) is 0. The van der Waals surface area contributed by atoms with Gasteiger partial charge in [-0.1, -0.05) is 69.3 Å². The van der Waals surface area contributed by atoms with Crippen molar-refractivity contribution in [1.82, 2.24) is 9.78 Å². The number of aromatic nitrogens is 2. The van der Waals surface area contributed by atoms with Crippen molar-refractivity contribution in [2.75, 3.05) is 6.54 Å². The molecule has 0 bridgehead atoms. The van der Waals surface area contributed by atoms with E-state index >= 15 is 0 Å². The zero-order valence-corrected chi connectivity index (χ0v) is 17.1. The van der Waals surface area contributed by atoms with Gasteiger partial charge in [0, 0.05) is 18.0 Å². The van der Waals surface area contributed by atoms with E-state index in [2.05, 4.69) is 45.0 Å². The third-order valence-corrected chi connectivity index (χ3v) is 5.39. The van der Waals surface area contributed by atoms with Gasteiger partial charge in [-0.3, -0.25) is 4.68 Å². The highest BCUT2D eigenvalue weighted by molar-refractivity contribution is 5.92. The summed E-state index contributed by atoms with van der Waals surface area (Å²) in [6.45, 7) is 8.76. The van der Waals surface area contributed by atoms with Gasteiger partial charge in [-0.05, 0) is 17.7 Å². The Balaban J connectivity index is 1.72. The average Bonchev–Trinajstić information content (AvgIpc) is 3.12. The number of benzene rings is 2. The minimum absolute atomic E-state index is 0.0365. The summed E-state index contributed by atoms with van der Waals surface area (Å²) < 4.78 is 2.33. The third-order valence-electron chi connectivity index (χ3n) is 5.39. The van der Waals surface area contributed by atoms with Gasteiger partial charge in [0.2, 0.25) is 0 Å². The van der Waals surface area contributed by atoms with Crippen LogP contribution in [0.4, 0.5) is 0 Å². The van der Waals surface area contributed by atoms with Gasteiger partial charge in [0.1, 0.15) is 18.8 Å². The molecule has 0 saturated carbocycles. The van der Waals surface area contributed by atoms with Crippen LogP contribution in [-0.2, 0) is 20.1 Å². The normalized spacial score (nSPS) is 19.1. The second-order valence-electron chi connectivity index (χ2n) is 9.15. The van der Waals surface area contributed by atoms with Crippen molar-refractivity contribution in [1.29, 1.82) is 0 Å². The quantitative estimate of drug-likeness (QED) is 0.615. The largest absolute Gasteiger partial charge is 0.347 e. The molecule has 1 unspecified atom stereocenters. The maximum Gasteiger partial charge on any atom is 0.347 e. The Bertz CT molecular complexity index is 1010. The lowest BCUT2D eigenvalue weighted by atomic mass is 9.94. The first-order valence-corrected chi connectivity index (χ1v) is 9.85. The van der Waals surface area contributed by atoms with Crippen molar-refractivity contribution in [2.24, 2.45) is 12.5 Å². The van der Waals surface area contributed by atoms with Gasteiger partial charge in [-0.2, -0.15) is 5.10 Å². The first-order chi connectivity index (χ1) is 13.3. The number of rotatable bonds is 4. The van der Waals surface area contributed by atoms with E-state index in [1.54, 1.807) is 0 Å². The second kappa shape index (κ2) is 6.71. The molecule has 0 N–H and O–H groups in total. The van der Waals surface area contributed by atoms with Gasteiger partial charge in [-0.25, -0.2) is 9.28 Å². The molecule has 144 valence electrons. The van der Waals surface area contributed by atoms with Crippen molar-refractivity contribution in [2.45, 2.75) is 33.9 Å². The van der Waals surface area contributed by atoms with Gasteiger partial charge < -0.3 is 0 Å². The average molecular weight is 375 g/mol. The summed E-state index contributed by atoms with van der Waals surface area (Å²) in [5.74, 6) is 0.220. The first-order valence-electron chi connectivity index (χ1n) is 9.85. The van der Waals surface area contributed by atoms with Gasteiger partial charge in [0.05, 0.1) is 17.8 Å². The molecule has 1 aliphatic heterocycles. The van der Waals surface area contributed by atoms with Crippen molar-refractivity contribution < 1.29 is 9.28 Å². The lowest BCUT2D eigenvalue weighted by molar-refractivity contribution is -0.878. The molecule has 0 radical (unpaired) electrons. The molecule has 1 atom stereocenters. The zero-order chi connectivity index (χ0) is 19.9. The standard InChI is InChI=1S/C24H28N3O/c1-24(2,3)17-27(15-19-12-8-9-13-21(19)23(27)28)16-20-14-22(26(4)25-20)18-10-6-5-7-11-18/h5-14H,15-17H2,1-4H3/q+1. The van der Waals surface area contributed by atoms with Crippen LogP contribution in [0.3, 0.4) is 0 Å². The molecule has 0 saturated heterocycles. The van der Waals surface area contributed by atoms with Crippen LogP contribution in [0.25, 0.3) is 11.3 Å². The van der Waals surface area contributed by atoms with E-state index in [-0.39, 0.29) is 11.3 Å². The zero-order valence-electron chi connectivity index (χ0n) is 17.1. The van der Waals surface area contributed by atoms with E-state index in [9.17, 15) is 4.79 Å². The predicted molar refractivity (Wildman–Crippen MR) is 111 cm³/mol. The molecule has 28 heavy (non-hydrogen) atoms. The lowest BCUT2D eigenvalue weighted by Gasteiger charge is -2.36. The fourth-order valence-corrected chi connectivity index (χ4v) is 4.53. The summed E-state index contributed by atoms with van der Waals surface area (Å²) in [7, 11) is 1.97. The molecule has 3 aromatic rings. The smallest absolute Gasteiger partial charge is 0.267 e. The van der Waals surface area contributed by atoms with Crippen LogP contribution >= 0.6 is 0 Å². The fourth-order valence-electron chi connectivity index (χ4n) is 4.53. The number of hydrogen-bond acceptors (Lipinski definition) is 2. The molecule has 1 aliphatic rings. The number of nitrogens with zero attached hydrogens (tertiary/aromatic N) is 3. The van der Waals surface area contributed by atoms with Crippen LogP contribution in [0.1, 0.15) is 42.4 Å². The van der Waals surface area contributed by atoms with Gasteiger partial charge in [-0.15, -0.1) is 0 Å². The third kappa shape index (κ3) is 3.40. The summed E-state index contributed by atoms with van der Waals surface area (Å²) in [5, 5.41) is 4.77. The summed E-state index contributed by atoms with van der Waals surface area (Å²) in [6, 6.07) is 20.5. The molecule has 2 aromatic carbocycles. The van der Waals surface area contributed by atoms with Crippen LogP contribution < -0.4 is 0 Å². The topological polar surface area (TPSA) is 34.9 Å². The summed E-state index contributed by atoms with van der Waals surface area (Å²) in [4.78, 5) is 13.5. The Morgan fingerprint density at radius 1 is 1.04 bits per heavy atom. The van der Waals surface area contributed by atoms with Crippen molar-refractivity contribution in [3.63, 3.8) is 0 Å². The van der Waals surface area contributed by atoms with E-state index in [1.165, 1.54) is 0 Å². The lowest BCUT2D eigenvalue weighted by Crippen LogP contribution is -2.52. The number of quaternary nitrogens is 1. The number of fused-ring (bicyclic) bond motifs is 1. The number of amides is 1. The van der Waals surface area contributed by atoms with Crippen molar-refractivity contribution >= 4 is 5.91 Å². The maximum atomic E-state index is 13.5. The molecule has 4 rings (SSSR count). The van der Waals surface area contributed by atoms with Gasteiger partial charge >= 0.3 is 5.91 Å². The van der Waals surface area contributed by atoms with Gasteiger partial charge in [0.25, 0.3) is 0 Å². The molecule has 4 nitrogen and oxygen atoms in total. The Hall–Kier alpha value is -2.72. The van der Waals surface area contributed by atoms with Crippen molar-refractivity contribution in [3.05, 3.63) is 77.5 Å². The van der Waals surface area contributed by atoms with E-state index in [0.29, 0.717) is 11.0 Å². The van der Waals surface area contributed by atoms with E-state index in [0.717, 1.165) is 41.2 Å². The van der Waals surface area contributed by atoms with E-state index in [1.807, 2.05) is 48.1 Å². The van der Waals surface area contributed by atoms with Gasteiger partial charge in [0.15, 0.2) is 0 Å². The molecule has 0 spiro atoms. The molecule has 1 aromatic heterocycles. The highest BCUT2D eigenvalue weighted by Crippen LogP contribution is 2.36. The molecular formula is C24H28N3O+. The fraction of sp³-hybridized carbons (Fsp3) is 0.333. The van der Waals surface area contributed by atoms with Crippen LogP contribution in [0.2, 0.25) is 0 Å². The number of carbonyl (C=O) groups excluding carboxylic acids is 1. The van der Waals surface area contributed by atoms with Crippen LogP contribution in [0.5, 0.6) is 0 Å². The predicted octanol–water partition coefficient (Wildman–Crippen LogP) is 4.80. The first kappa shape index (κ1) is 18.6. The summed E-state index contributed by atoms with van der Waals surface area (Å²) in [6.07, 6.45) is 0. The Labute approximate surface area is 167 Å². The van der Waals surface area contributed by atoms with Crippen molar-refractivity contribution in [3.8, 4) is 11.3 Å². The highest BCUT2D eigenvalue weighted by Gasteiger charge is 2.47. The number of aryl methyl sites for hydroxylation is 1. The summed E-state index contributed by atoms with van der Waals surface area (Å²) in [5.41, 5.74) is 5.24. The minimum Gasteiger partial charge on any atom is -0.267 e. The van der Waals surface area contributed by atoms with Crippen LogP contribution in [0.15, 0.2) is 60.7 Å². The highest BCUT2D eigenvalue weighted by atomic mass is 16.2. The monoisotopic (exact) mass is 374 g/mol. The Kier molecular flexibility index (Phi) is 4.47. The van der Waals surface area contributed by atoms with E-state index in [4.69, 9.17) is 5.10 Å². The molecule has 0 aliphatic carbocycles. The van der Waals surface area contributed by atoms with Crippen LogP contribution in [0, 0.1) is 5.41 Å². The molecular weight excluding hydrogens is 346 g/mol. The van der Waals surface area contributed by atoms with Crippen LogP contribution in [-0.4, -0.2) is 26.7 Å². The number of carbonyl (C=O) groups is 1. The second-order valence-corrected chi connectivity index (χ2v) is 9.15. The molecule has 4 heteroatoms. The van der Waals surface area contributed by atoms with E-state index < -0.39 is 0 Å². The Morgan fingerprint density at radius 2 is 1.71 bits per heavy atom. The summed E-state index contributed by atoms with van der Waals surface area (Å²) >= 11 is 0.